The Morgan fingerprint density at radius 2 is 2.19 bits per heavy atom. The molecule has 1 saturated heterocycles. The lowest BCUT2D eigenvalue weighted by atomic mass is 9.53. The van der Waals surface area contributed by atoms with E-state index in [-0.39, 0.29) is 18.1 Å². The maximum Gasteiger partial charge on any atom is 0.317 e. The molecule has 2 aliphatic carbocycles. The summed E-state index contributed by atoms with van der Waals surface area (Å²) < 4.78 is 11.8. The first kappa shape index (κ1) is 18.3. The Labute approximate surface area is 158 Å². The molecule has 7 nitrogen and oxygen atoms in total. The summed E-state index contributed by atoms with van der Waals surface area (Å²) in [5, 5.41) is 18.2. The molecule has 2 bridgehead atoms. The highest BCUT2D eigenvalue weighted by molar-refractivity contribution is 5.68. The van der Waals surface area contributed by atoms with Crippen LogP contribution in [0, 0.1) is 5.92 Å². The molecule has 5 rings (SSSR count). The number of nitrogens with two attached hydrogens (primary N) is 1. The topological polar surface area (TPSA) is 105 Å². The number of ether oxygens (including phenoxy) is 2. The molecule has 146 valence electrons. The van der Waals surface area contributed by atoms with Crippen molar-refractivity contribution in [2.75, 3.05) is 27.2 Å². The standard InChI is InChI=1S/C18H21NO3.C2H5NO2/c1-19-8-7-18-11-4-5-13(20)17(18)22-16-14(21-2)6-3-10(15(16)18)9-12(11)19;3-1-2(4)5/h3-6,11-13,17,20H,7-9H2,1-2H3;1,3H2,(H,4,5)/t11-,12+,13-,17-,18-;/m0./s1. The first-order chi connectivity index (χ1) is 12.9. The largest absolute Gasteiger partial charge is 0.493 e. The Balaban J connectivity index is 0.000000323. The number of rotatable bonds is 2. The van der Waals surface area contributed by atoms with Crippen molar-refractivity contribution in [1.82, 2.24) is 4.90 Å². The number of carboxylic acids is 1. The van der Waals surface area contributed by atoms with Crippen LogP contribution < -0.4 is 15.2 Å². The van der Waals surface area contributed by atoms with Crippen LogP contribution in [0.15, 0.2) is 24.3 Å². The second-order valence-corrected chi connectivity index (χ2v) is 7.71. The normalized spacial score (nSPS) is 34.8. The number of nitrogens with zero attached hydrogens (tertiary/aromatic N) is 1. The van der Waals surface area contributed by atoms with Gasteiger partial charge in [-0.3, -0.25) is 4.79 Å². The van der Waals surface area contributed by atoms with Gasteiger partial charge >= 0.3 is 5.97 Å². The van der Waals surface area contributed by atoms with Gasteiger partial charge in [0.2, 0.25) is 0 Å². The van der Waals surface area contributed by atoms with Crippen LogP contribution in [0.25, 0.3) is 0 Å². The average molecular weight is 374 g/mol. The molecule has 0 amide bonds. The van der Waals surface area contributed by atoms with Crippen molar-refractivity contribution >= 4 is 5.97 Å². The summed E-state index contributed by atoms with van der Waals surface area (Å²) >= 11 is 0. The van der Waals surface area contributed by atoms with Gasteiger partial charge in [0.05, 0.1) is 13.7 Å². The zero-order valence-electron chi connectivity index (χ0n) is 15.6. The molecule has 27 heavy (non-hydrogen) atoms. The minimum absolute atomic E-state index is 0.0806. The van der Waals surface area contributed by atoms with E-state index in [9.17, 15) is 9.90 Å². The highest BCUT2D eigenvalue weighted by Gasteiger charge is 2.64. The molecule has 2 heterocycles. The number of likely N-dealkylation sites (tertiary alicyclic amines) is 1. The molecule has 4 aliphatic rings. The SMILES string of the molecule is COc1ccc2c3c1O[C@H]1[C@@H](O)C=C[C@H]4[C@@H](C2)N(C)CC[C@@]341.NCC(=O)O. The van der Waals surface area contributed by atoms with Crippen molar-refractivity contribution in [3.05, 3.63) is 35.4 Å². The molecule has 1 fully saturated rings. The fourth-order valence-electron chi connectivity index (χ4n) is 5.39. The smallest absolute Gasteiger partial charge is 0.317 e. The predicted octanol–water partition coefficient (Wildman–Crippen LogP) is 0.531. The van der Waals surface area contributed by atoms with Gasteiger partial charge in [-0.25, -0.2) is 0 Å². The van der Waals surface area contributed by atoms with Gasteiger partial charge in [-0.05, 0) is 38.1 Å². The molecule has 0 saturated carbocycles. The monoisotopic (exact) mass is 374 g/mol. The molecular weight excluding hydrogens is 348 g/mol. The zero-order chi connectivity index (χ0) is 19.3. The number of benzene rings is 1. The minimum atomic E-state index is -0.968. The van der Waals surface area contributed by atoms with Crippen molar-refractivity contribution in [3.63, 3.8) is 0 Å². The van der Waals surface area contributed by atoms with E-state index in [1.165, 1.54) is 11.1 Å². The number of piperidine rings is 1. The Morgan fingerprint density at radius 1 is 1.44 bits per heavy atom. The summed E-state index contributed by atoms with van der Waals surface area (Å²) in [4.78, 5) is 11.7. The van der Waals surface area contributed by atoms with Crippen molar-refractivity contribution in [2.24, 2.45) is 11.7 Å². The van der Waals surface area contributed by atoms with E-state index in [0.717, 1.165) is 30.9 Å². The Kier molecular flexibility index (Phi) is 4.41. The van der Waals surface area contributed by atoms with Gasteiger partial charge in [0, 0.05) is 22.9 Å². The van der Waals surface area contributed by atoms with Crippen LogP contribution in [-0.4, -0.2) is 66.6 Å². The van der Waals surface area contributed by atoms with Crippen LogP contribution in [0.4, 0.5) is 0 Å². The van der Waals surface area contributed by atoms with E-state index in [2.05, 4.69) is 29.8 Å². The summed E-state index contributed by atoms with van der Waals surface area (Å²) in [5.74, 6) is 1.12. The van der Waals surface area contributed by atoms with Crippen LogP contribution in [0.3, 0.4) is 0 Å². The fourth-order valence-corrected chi connectivity index (χ4v) is 5.39. The van der Waals surface area contributed by atoms with Crippen molar-refractivity contribution in [1.29, 1.82) is 0 Å². The number of carboxylic acid groups (broad SMARTS) is 1. The summed E-state index contributed by atoms with van der Waals surface area (Å²) in [6.45, 7) is 0.775. The van der Waals surface area contributed by atoms with E-state index in [1.54, 1.807) is 7.11 Å². The number of hydrogen-bond donors (Lipinski definition) is 3. The quantitative estimate of drug-likeness (QED) is 0.649. The molecular formula is C20H26N2O5. The van der Waals surface area contributed by atoms with E-state index in [0.29, 0.717) is 12.0 Å². The van der Waals surface area contributed by atoms with Gasteiger partial charge in [-0.15, -0.1) is 0 Å². The third kappa shape index (κ3) is 2.49. The summed E-state index contributed by atoms with van der Waals surface area (Å²) in [5.41, 5.74) is 7.17. The second-order valence-electron chi connectivity index (χ2n) is 7.71. The zero-order valence-corrected chi connectivity index (χ0v) is 15.6. The van der Waals surface area contributed by atoms with E-state index in [1.807, 2.05) is 12.1 Å². The lowest BCUT2D eigenvalue weighted by molar-refractivity contribution is -0.135. The lowest BCUT2D eigenvalue weighted by Gasteiger charge is -2.56. The van der Waals surface area contributed by atoms with Gasteiger partial charge in [0.1, 0.15) is 12.2 Å². The number of aliphatic carboxylic acids is 1. The van der Waals surface area contributed by atoms with Crippen molar-refractivity contribution in [2.45, 2.75) is 36.5 Å². The highest BCUT2D eigenvalue weighted by atomic mass is 16.5. The Hall–Kier alpha value is -2.09. The molecule has 2 aliphatic heterocycles. The number of hydrogen-bond acceptors (Lipinski definition) is 6. The van der Waals surface area contributed by atoms with Gasteiger partial charge < -0.3 is 30.3 Å². The number of aliphatic hydroxyl groups excluding tert-OH is 1. The molecule has 0 radical (unpaired) electrons. The van der Waals surface area contributed by atoms with Crippen LogP contribution in [0.5, 0.6) is 11.5 Å². The van der Waals surface area contributed by atoms with Gasteiger partial charge in [-0.2, -0.15) is 0 Å². The highest BCUT2D eigenvalue weighted by Crippen LogP contribution is 2.62. The Bertz CT molecular complexity index is 795. The predicted molar refractivity (Wildman–Crippen MR) is 99.2 cm³/mol. The van der Waals surface area contributed by atoms with Gasteiger partial charge in [0.25, 0.3) is 0 Å². The molecule has 1 aromatic carbocycles. The number of carbonyl (C=O) groups is 1. The fraction of sp³-hybridized carbons (Fsp3) is 0.550. The Morgan fingerprint density at radius 3 is 2.85 bits per heavy atom. The van der Waals surface area contributed by atoms with Crippen LogP contribution >= 0.6 is 0 Å². The van der Waals surface area contributed by atoms with E-state index >= 15 is 0 Å². The third-order valence-electron chi connectivity index (χ3n) is 6.53. The van der Waals surface area contributed by atoms with Crippen LogP contribution in [0.1, 0.15) is 17.5 Å². The maximum absolute atomic E-state index is 10.6. The van der Waals surface area contributed by atoms with E-state index in [4.69, 9.17) is 14.6 Å². The molecule has 1 spiro atoms. The molecule has 4 N–H and O–H groups in total. The van der Waals surface area contributed by atoms with Gasteiger partial charge in [-0.1, -0.05) is 18.2 Å². The molecule has 0 aromatic heterocycles. The molecule has 0 unspecified atom stereocenters. The molecule has 7 heteroatoms. The van der Waals surface area contributed by atoms with Crippen molar-refractivity contribution < 1.29 is 24.5 Å². The minimum Gasteiger partial charge on any atom is -0.493 e. The lowest BCUT2D eigenvalue weighted by Crippen LogP contribution is -2.64. The summed E-state index contributed by atoms with van der Waals surface area (Å²) in [7, 11) is 3.91. The summed E-state index contributed by atoms with van der Waals surface area (Å²) in [6.07, 6.45) is 5.54. The molecule has 1 aromatic rings. The van der Waals surface area contributed by atoms with Crippen LogP contribution in [-0.2, 0) is 16.6 Å². The van der Waals surface area contributed by atoms with E-state index < -0.39 is 12.1 Å². The van der Waals surface area contributed by atoms with Crippen molar-refractivity contribution in [3.8, 4) is 11.5 Å². The third-order valence-corrected chi connectivity index (χ3v) is 6.53. The first-order valence-electron chi connectivity index (χ1n) is 9.29. The van der Waals surface area contributed by atoms with Crippen LogP contribution in [0.2, 0.25) is 0 Å². The number of likely N-dealkylation sites (N-methyl/N-ethyl adjacent to an activating group) is 1. The first-order valence-corrected chi connectivity index (χ1v) is 9.29. The maximum atomic E-state index is 10.6. The van der Waals surface area contributed by atoms with Gasteiger partial charge in [0.15, 0.2) is 11.5 Å². The summed E-state index contributed by atoms with van der Waals surface area (Å²) in [6, 6.07) is 4.70. The second kappa shape index (κ2) is 6.51. The average Bonchev–Trinajstić information content (AvgIpc) is 3.02. The number of methoxy groups -OCH3 is 1. The molecule has 5 atom stereocenters. The number of aliphatic hydroxyl groups is 1.